The Kier molecular flexibility index (Phi) is 2.04. The van der Waals surface area contributed by atoms with E-state index in [1.165, 1.54) is 12.8 Å². The smallest absolute Gasteiger partial charge is 0.0631 e. The molecular weight excluding hydrogens is 124 g/mol. The lowest BCUT2D eigenvalue weighted by Crippen LogP contribution is -2.22. The zero-order valence-corrected chi connectivity index (χ0v) is 7.48. The molecule has 10 heavy (non-hydrogen) atoms. The third-order valence-corrected chi connectivity index (χ3v) is 2.24. The Morgan fingerprint density at radius 2 is 2.00 bits per heavy atom. The van der Waals surface area contributed by atoms with Gasteiger partial charge in [0, 0.05) is 0 Å². The van der Waals surface area contributed by atoms with E-state index < -0.39 is 0 Å². The summed E-state index contributed by atoms with van der Waals surface area (Å²) in [6.45, 7) is 8.81. The highest BCUT2D eigenvalue weighted by Crippen LogP contribution is 2.32. The van der Waals surface area contributed by atoms with Crippen LogP contribution >= 0.6 is 0 Å². The molecule has 0 spiro atoms. The maximum absolute atomic E-state index is 5.81. The molecule has 1 aliphatic rings. The first-order valence-electron chi connectivity index (χ1n) is 4.19. The summed E-state index contributed by atoms with van der Waals surface area (Å²) in [5.74, 6) is 0.682. The van der Waals surface area contributed by atoms with Gasteiger partial charge in [-0.15, -0.1) is 0 Å². The first-order valence-corrected chi connectivity index (χ1v) is 4.19. The van der Waals surface area contributed by atoms with E-state index >= 15 is 0 Å². The van der Waals surface area contributed by atoms with Crippen LogP contribution in [0.2, 0.25) is 0 Å². The van der Waals surface area contributed by atoms with E-state index in [1.807, 2.05) is 0 Å². The molecule has 1 rings (SSSR count). The number of hydrogen-bond acceptors (Lipinski definition) is 1. The number of hydrogen-bond donors (Lipinski definition) is 0. The van der Waals surface area contributed by atoms with Gasteiger partial charge in [-0.3, -0.25) is 0 Å². The molecule has 0 aliphatic carbocycles. The molecule has 0 unspecified atom stereocenters. The van der Waals surface area contributed by atoms with Crippen LogP contribution in [0, 0.1) is 5.92 Å². The molecule has 0 saturated carbocycles. The Labute approximate surface area is 63.8 Å². The average molecular weight is 142 g/mol. The minimum absolute atomic E-state index is 0.148. The van der Waals surface area contributed by atoms with Crippen LogP contribution in [0.3, 0.4) is 0 Å². The van der Waals surface area contributed by atoms with Crippen LogP contribution in [-0.2, 0) is 4.74 Å². The highest BCUT2D eigenvalue weighted by atomic mass is 16.5. The Bertz CT molecular complexity index is 116. The van der Waals surface area contributed by atoms with E-state index in [1.54, 1.807) is 0 Å². The van der Waals surface area contributed by atoms with Gasteiger partial charge in [-0.05, 0) is 32.6 Å². The van der Waals surface area contributed by atoms with Crippen LogP contribution in [0.1, 0.15) is 40.5 Å². The largest absolute Gasteiger partial charge is 0.372 e. The van der Waals surface area contributed by atoms with Gasteiger partial charge in [-0.2, -0.15) is 0 Å². The van der Waals surface area contributed by atoms with Crippen molar-refractivity contribution in [3.8, 4) is 0 Å². The maximum Gasteiger partial charge on any atom is 0.0631 e. The first kappa shape index (κ1) is 8.06. The first-order chi connectivity index (χ1) is 4.51. The predicted octanol–water partition coefficient (Wildman–Crippen LogP) is 2.60. The normalized spacial score (nSPS) is 31.5. The number of ether oxygens (including phenoxy) is 1. The highest BCUT2D eigenvalue weighted by molar-refractivity contribution is 4.81. The van der Waals surface area contributed by atoms with Gasteiger partial charge in [0.05, 0.1) is 11.7 Å². The van der Waals surface area contributed by atoms with Crippen molar-refractivity contribution in [3.05, 3.63) is 0 Å². The Morgan fingerprint density at radius 1 is 1.40 bits per heavy atom. The molecule has 0 bridgehead atoms. The van der Waals surface area contributed by atoms with Crippen molar-refractivity contribution in [2.45, 2.75) is 52.2 Å². The van der Waals surface area contributed by atoms with E-state index in [9.17, 15) is 0 Å². The molecule has 1 atom stereocenters. The molecule has 1 nitrogen and oxygen atoms in total. The van der Waals surface area contributed by atoms with Gasteiger partial charge in [0.2, 0.25) is 0 Å². The van der Waals surface area contributed by atoms with Crippen molar-refractivity contribution in [1.82, 2.24) is 0 Å². The highest BCUT2D eigenvalue weighted by Gasteiger charge is 2.32. The zero-order valence-electron chi connectivity index (χ0n) is 7.48. The van der Waals surface area contributed by atoms with Gasteiger partial charge in [0.1, 0.15) is 0 Å². The fourth-order valence-electron chi connectivity index (χ4n) is 1.49. The second-order valence-electron chi connectivity index (χ2n) is 4.20. The topological polar surface area (TPSA) is 9.23 Å². The summed E-state index contributed by atoms with van der Waals surface area (Å²) in [5.41, 5.74) is 0.148. The van der Waals surface area contributed by atoms with Gasteiger partial charge in [0.25, 0.3) is 0 Å². The third-order valence-electron chi connectivity index (χ3n) is 2.24. The van der Waals surface area contributed by atoms with Gasteiger partial charge >= 0.3 is 0 Å². The molecule has 0 aromatic rings. The fourth-order valence-corrected chi connectivity index (χ4v) is 1.49. The molecular formula is C9H18O. The monoisotopic (exact) mass is 142 g/mol. The molecule has 1 saturated heterocycles. The molecule has 0 amide bonds. The van der Waals surface area contributed by atoms with Gasteiger partial charge in [-0.1, -0.05) is 13.8 Å². The Morgan fingerprint density at radius 3 is 2.20 bits per heavy atom. The standard InChI is InChI=1S/C9H18O/c1-7(2)8-5-6-9(3,4)10-8/h7-8H,5-6H2,1-4H3/t8-/m1/s1. The lowest BCUT2D eigenvalue weighted by atomic mass is 10.0. The molecule has 1 aliphatic heterocycles. The van der Waals surface area contributed by atoms with Crippen molar-refractivity contribution in [2.24, 2.45) is 5.92 Å². The molecule has 0 radical (unpaired) electrons. The van der Waals surface area contributed by atoms with Crippen LogP contribution in [0.5, 0.6) is 0 Å². The minimum atomic E-state index is 0.148. The van der Waals surface area contributed by atoms with E-state index in [0.29, 0.717) is 12.0 Å². The SMILES string of the molecule is CC(C)[C@H]1CCC(C)(C)O1. The van der Waals surface area contributed by atoms with Crippen LogP contribution in [0.25, 0.3) is 0 Å². The second kappa shape index (κ2) is 2.54. The summed E-state index contributed by atoms with van der Waals surface area (Å²) in [6, 6.07) is 0. The molecule has 1 fully saturated rings. The molecule has 1 heteroatoms. The molecule has 60 valence electrons. The molecule has 1 heterocycles. The van der Waals surface area contributed by atoms with E-state index in [-0.39, 0.29) is 5.60 Å². The molecule has 0 aromatic heterocycles. The summed E-state index contributed by atoms with van der Waals surface area (Å²) in [7, 11) is 0. The quantitative estimate of drug-likeness (QED) is 0.547. The summed E-state index contributed by atoms with van der Waals surface area (Å²) < 4.78 is 5.81. The average Bonchev–Trinajstić information content (AvgIpc) is 2.10. The van der Waals surface area contributed by atoms with Gasteiger partial charge in [0.15, 0.2) is 0 Å². The summed E-state index contributed by atoms with van der Waals surface area (Å²) >= 11 is 0. The van der Waals surface area contributed by atoms with E-state index in [0.717, 1.165) is 0 Å². The lowest BCUT2D eigenvalue weighted by molar-refractivity contribution is -0.0340. The van der Waals surface area contributed by atoms with Gasteiger partial charge < -0.3 is 4.74 Å². The summed E-state index contributed by atoms with van der Waals surface area (Å²) in [4.78, 5) is 0. The van der Waals surface area contributed by atoms with Crippen molar-refractivity contribution in [3.63, 3.8) is 0 Å². The fraction of sp³-hybridized carbons (Fsp3) is 1.00. The zero-order chi connectivity index (χ0) is 7.78. The predicted molar refractivity (Wildman–Crippen MR) is 43.0 cm³/mol. The van der Waals surface area contributed by atoms with Crippen molar-refractivity contribution in [1.29, 1.82) is 0 Å². The lowest BCUT2D eigenvalue weighted by Gasteiger charge is -2.21. The summed E-state index contributed by atoms with van der Waals surface area (Å²) in [5, 5.41) is 0. The van der Waals surface area contributed by atoms with Crippen LogP contribution < -0.4 is 0 Å². The third kappa shape index (κ3) is 1.72. The van der Waals surface area contributed by atoms with E-state index in [4.69, 9.17) is 4.74 Å². The maximum atomic E-state index is 5.81. The van der Waals surface area contributed by atoms with Crippen molar-refractivity contribution in [2.75, 3.05) is 0 Å². The van der Waals surface area contributed by atoms with Crippen molar-refractivity contribution >= 4 is 0 Å². The summed E-state index contributed by atoms with van der Waals surface area (Å²) in [6.07, 6.45) is 2.97. The van der Waals surface area contributed by atoms with Gasteiger partial charge in [-0.25, -0.2) is 0 Å². The Hall–Kier alpha value is -0.0400. The Balaban J connectivity index is 2.43. The number of rotatable bonds is 1. The minimum Gasteiger partial charge on any atom is -0.372 e. The second-order valence-corrected chi connectivity index (χ2v) is 4.20. The molecule has 0 N–H and O–H groups in total. The molecule has 0 aromatic carbocycles. The van der Waals surface area contributed by atoms with Crippen molar-refractivity contribution < 1.29 is 4.74 Å². The van der Waals surface area contributed by atoms with Crippen LogP contribution in [0.4, 0.5) is 0 Å². The van der Waals surface area contributed by atoms with E-state index in [2.05, 4.69) is 27.7 Å². The van der Waals surface area contributed by atoms with Crippen LogP contribution in [0.15, 0.2) is 0 Å². The van der Waals surface area contributed by atoms with Crippen LogP contribution in [-0.4, -0.2) is 11.7 Å².